The molecule has 8 heteroatoms. The van der Waals surface area contributed by atoms with E-state index in [-0.39, 0.29) is 34.0 Å². The van der Waals surface area contributed by atoms with Gasteiger partial charge in [0.2, 0.25) is 20.0 Å². The Morgan fingerprint density at radius 2 is 0.857 bits per heavy atom. The van der Waals surface area contributed by atoms with E-state index in [2.05, 4.69) is 0 Å². The summed E-state index contributed by atoms with van der Waals surface area (Å²) in [6.45, 7) is 7.74. The van der Waals surface area contributed by atoms with Gasteiger partial charge in [0.15, 0.2) is 0 Å². The van der Waals surface area contributed by atoms with E-state index in [1.54, 1.807) is 8.61 Å². The van der Waals surface area contributed by atoms with Crippen molar-refractivity contribution in [2.75, 3.05) is 0 Å². The summed E-state index contributed by atoms with van der Waals surface area (Å²) < 4.78 is 55.7. The first-order chi connectivity index (χ1) is 13.1. The minimum absolute atomic E-state index is 0.0489. The van der Waals surface area contributed by atoms with E-state index in [1.165, 1.54) is 24.3 Å². The Hall–Kier alpha value is -0.960. The lowest BCUT2D eigenvalue weighted by atomic mass is 10.0. The second-order valence-corrected chi connectivity index (χ2v) is 12.1. The molecule has 0 aliphatic carbocycles. The van der Waals surface area contributed by atoms with Gasteiger partial charge in [0.25, 0.3) is 0 Å². The fraction of sp³-hybridized carbons (Fsp3) is 0.700. The lowest BCUT2D eigenvalue weighted by Gasteiger charge is -2.38. The molecule has 0 N–H and O–H groups in total. The highest BCUT2D eigenvalue weighted by molar-refractivity contribution is 7.89. The summed E-state index contributed by atoms with van der Waals surface area (Å²) in [7, 11) is -7.29. The molecule has 3 rings (SSSR count). The number of rotatable bonds is 4. The lowest BCUT2D eigenvalue weighted by molar-refractivity contribution is 0.203. The van der Waals surface area contributed by atoms with Crippen LogP contribution in [0.25, 0.3) is 0 Å². The third-order valence-electron chi connectivity index (χ3n) is 6.20. The molecular weight excluding hydrogens is 396 g/mol. The molecule has 2 aliphatic heterocycles. The normalized spacial score (nSPS) is 31.0. The highest BCUT2D eigenvalue weighted by Gasteiger charge is 2.37. The van der Waals surface area contributed by atoms with E-state index in [0.717, 1.165) is 38.5 Å². The van der Waals surface area contributed by atoms with E-state index in [4.69, 9.17) is 0 Å². The van der Waals surface area contributed by atoms with Gasteiger partial charge in [-0.15, -0.1) is 0 Å². The molecule has 1 aromatic carbocycles. The van der Waals surface area contributed by atoms with Gasteiger partial charge in [-0.1, -0.05) is 12.8 Å². The zero-order valence-corrected chi connectivity index (χ0v) is 18.8. The smallest absolute Gasteiger partial charge is 0.207 e. The van der Waals surface area contributed by atoms with Gasteiger partial charge in [0.05, 0.1) is 9.79 Å². The Morgan fingerprint density at radius 3 is 1.11 bits per heavy atom. The van der Waals surface area contributed by atoms with Crippen molar-refractivity contribution in [3.8, 4) is 0 Å². The van der Waals surface area contributed by atoms with Crippen molar-refractivity contribution in [2.24, 2.45) is 0 Å². The number of sulfonamides is 2. The molecular formula is C20H32N2O4S2. The van der Waals surface area contributed by atoms with E-state index < -0.39 is 20.0 Å². The van der Waals surface area contributed by atoms with Gasteiger partial charge < -0.3 is 0 Å². The van der Waals surface area contributed by atoms with Crippen molar-refractivity contribution >= 4 is 20.0 Å². The topological polar surface area (TPSA) is 74.8 Å². The first kappa shape index (κ1) is 21.7. The highest BCUT2D eigenvalue weighted by Crippen LogP contribution is 2.32. The van der Waals surface area contributed by atoms with Crippen molar-refractivity contribution in [1.29, 1.82) is 0 Å². The molecule has 0 aromatic heterocycles. The van der Waals surface area contributed by atoms with Gasteiger partial charge >= 0.3 is 0 Å². The number of benzene rings is 1. The predicted octanol–water partition coefficient (Wildman–Crippen LogP) is 3.59. The molecule has 0 unspecified atom stereocenters. The molecule has 2 saturated heterocycles. The minimum atomic E-state index is -3.64. The van der Waals surface area contributed by atoms with Crippen LogP contribution in [-0.2, 0) is 20.0 Å². The fourth-order valence-electron chi connectivity index (χ4n) is 4.77. The molecule has 28 heavy (non-hydrogen) atoms. The average molecular weight is 429 g/mol. The van der Waals surface area contributed by atoms with Crippen molar-refractivity contribution in [3.05, 3.63) is 24.3 Å². The second-order valence-electron chi connectivity index (χ2n) is 8.40. The SMILES string of the molecule is C[C@@H]1CCC[C@H](C)N1S(=O)(=O)c1ccc(S(=O)(=O)N2[C@H](C)CCC[C@@H]2C)cc1. The van der Waals surface area contributed by atoms with Gasteiger partial charge in [-0.3, -0.25) is 0 Å². The summed E-state index contributed by atoms with van der Waals surface area (Å²) >= 11 is 0. The maximum Gasteiger partial charge on any atom is 0.243 e. The highest BCUT2D eigenvalue weighted by atomic mass is 32.2. The Balaban J connectivity index is 1.91. The van der Waals surface area contributed by atoms with Crippen molar-refractivity contribution < 1.29 is 16.8 Å². The van der Waals surface area contributed by atoms with Crippen LogP contribution in [0.3, 0.4) is 0 Å². The lowest BCUT2D eigenvalue weighted by Crippen LogP contribution is -2.47. The van der Waals surface area contributed by atoms with Crippen LogP contribution in [0.2, 0.25) is 0 Å². The Bertz CT molecular complexity index is 802. The predicted molar refractivity (Wildman–Crippen MR) is 110 cm³/mol. The number of piperidine rings is 2. The molecule has 2 fully saturated rings. The zero-order chi connectivity index (χ0) is 20.7. The molecule has 2 aliphatic rings. The van der Waals surface area contributed by atoms with Crippen LogP contribution in [0, 0.1) is 0 Å². The van der Waals surface area contributed by atoms with Crippen LogP contribution < -0.4 is 0 Å². The van der Waals surface area contributed by atoms with Gasteiger partial charge in [-0.25, -0.2) is 16.8 Å². The monoisotopic (exact) mass is 428 g/mol. The number of nitrogens with zero attached hydrogens (tertiary/aromatic N) is 2. The fourth-order valence-corrected chi connectivity index (χ4v) is 8.53. The Labute approximate surface area is 170 Å². The van der Waals surface area contributed by atoms with Crippen LogP contribution in [-0.4, -0.2) is 49.6 Å². The standard InChI is InChI=1S/C20H32N2O4S2/c1-15-7-5-8-16(2)21(15)27(23,24)19-11-13-20(14-12-19)28(25,26)22-17(3)9-6-10-18(22)4/h11-18H,5-10H2,1-4H3/t15-,16+,17-,18+. The van der Waals surface area contributed by atoms with Gasteiger partial charge in [0, 0.05) is 24.2 Å². The van der Waals surface area contributed by atoms with E-state index >= 15 is 0 Å². The van der Waals surface area contributed by atoms with E-state index in [0.29, 0.717) is 0 Å². The zero-order valence-electron chi connectivity index (χ0n) is 17.2. The van der Waals surface area contributed by atoms with Gasteiger partial charge in [-0.2, -0.15) is 8.61 Å². The van der Waals surface area contributed by atoms with Crippen molar-refractivity contribution in [3.63, 3.8) is 0 Å². The molecule has 158 valence electrons. The maximum absolute atomic E-state index is 13.1. The first-order valence-electron chi connectivity index (χ1n) is 10.2. The number of hydrogen-bond donors (Lipinski definition) is 0. The summed E-state index contributed by atoms with van der Waals surface area (Å²) in [5.74, 6) is 0. The average Bonchev–Trinajstić information content (AvgIpc) is 2.61. The Morgan fingerprint density at radius 1 is 0.607 bits per heavy atom. The molecule has 6 nitrogen and oxygen atoms in total. The Kier molecular flexibility index (Phi) is 6.25. The summed E-state index contributed by atoms with van der Waals surface area (Å²) in [6.07, 6.45) is 5.44. The molecule has 0 radical (unpaired) electrons. The third kappa shape index (κ3) is 3.88. The first-order valence-corrected chi connectivity index (χ1v) is 13.1. The van der Waals surface area contributed by atoms with Gasteiger partial charge in [-0.05, 0) is 77.6 Å². The summed E-state index contributed by atoms with van der Waals surface area (Å²) in [4.78, 5) is 0.318. The van der Waals surface area contributed by atoms with Gasteiger partial charge in [0.1, 0.15) is 0 Å². The third-order valence-corrected chi connectivity index (χ3v) is 10.5. The summed E-state index contributed by atoms with van der Waals surface area (Å²) in [6, 6.07) is 5.56. The molecule has 4 atom stereocenters. The van der Waals surface area contributed by atoms with Crippen LogP contribution in [0.1, 0.15) is 66.2 Å². The van der Waals surface area contributed by atoms with Crippen LogP contribution >= 0.6 is 0 Å². The largest absolute Gasteiger partial charge is 0.243 e. The molecule has 0 bridgehead atoms. The molecule has 0 saturated carbocycles. The van der Waals surface area contributed by atoms with Crippen molar-refractivity contribution in [1.82, 2.24) is 8.61 Å². The molecule has 0 spiro atoms. The quantitative estimate of drug-likeness (QED) is 0.734. The van der Waals surface area contributed by atoms with Crippen molar-refractivity contribution in [2.45, 2.75) is 100 Å². The maximum atomic E-state index is 13.1. The van der Waals surface area contributed by atoms with E-state index in [1.807, 2.05) is 27.7 Å². The molecule has 1 aromatic rings. The minimum Gasteiger partial charge on any atom is -0.207 e. The summed E-state index contributed by atoms with van der Waals surface area (Å²) in [5, 5.41) is 0. The molecule has 0 amide bonds. The number of hydrogen-bond acceptors (Lipinski definition) is 4. The van der Waals surface area contributed by atoms with Crippen LogP contribution in [0.4, 0.5) is 0 Å². The summed E-state index contributed by atoms with van der Waals surface area (Å²) in [5.41, 5.74) is 0. The van der Waals surface area contributed by atoms with E-state index in [9.17, 15) is 16.8 Å². The molecule has 2 heterocycles. The van der Waals surface area contributed by atoms with Crippen LogP contribution in [0.5, 0.6) is 0 Å². The second kappa shape index (κ2) is 8.05. The van der Waals surface area contributed by atoms with Crippen LogP contribution in [0.15, 0.2) is 34.1 Å².